The van der Waals surface area contributed by atoms with E-state index in [1.807, 2.05) is 51.1 Å². The second-order valence-corrected chi connectivity index (χ2v) is 13.8. The van der Waals surface area contributed by atoms with Crippen molar-refractivity contribution in [2.45, 2.75) is 82.5 Å². The molecule has 2 aromatic carbocycles. The van der Waals surface area contributed by atoms with Crippen LogP contribution in [0.4, 0.5) is 31.1 Å². The zero-order valence-corrected chi connectivity index (χ0v) is 26.9. The summed E-state index contributed by atoms with van der Waals surface area (Å²) >= 11 is 0. The molecule has 3 heterocycles. The lowest BCUT2D eigenvalue weighted by atomic mass is 9.90. The Balaban J connectivity index is 1.27. The minimum Gasteiger partial charge on any atom is -0.444 e. The van der Waals surface area contributed by atoms with Crippen LogP contribution in [-0.4, -0.2) is 101 Å². The van der Waals surface area contributed by atoms with E-state index in [2.05, 4.69) is 9.80 Å². The lowest BCUT2D eigenvalue weighted by molar-refractivity contribution is -0.143. The number of hydrogen-bond donors (Lipinski definition) is 0. The van der Waals surface area contributed by atoms with Crippen LogP contribution in [0.2, 0.25) is 0 Å². The SMILES string of the molecule is CC(C)(C)OC(=O)N1CCC(N2CCN(C3CCN(C(=O)c4cc(C(F)(F)F)cc(C(F)(F)F)c4)C(Cc4ccccc4)C3)CC2)C1. The predicted octanol–water partition coefficient (Wildman–Crippen LogP) is 6.57. The first kappa shape index (κ1) is 35.0. The van der Waals surface area contributed by atoms with Crippen LogP contribution >= 0.6 is 0 Å². The molecule has 3 saturated heterocycles. The number of likely N-dealkylation sites (tertiary alicyclic amines) is 2. The molecule has 3 aliphatic rings. The highest BCUT2D eigenvalue weighted by Crippen LogP contribution is 2.37. The minimum atomic E-state index is -5.04. The molecule has 0 saturated carbocycles. The van der Waals surface area contributed by atoms with Gasteiger partial charge < -0.3 is 14.5 Å². The number of rotatable bonds is 5. The summed E-state index contributed by atoms with van der Waals surface area (Å²) in [4.78, 5) is 34.2. The summed E-state index contributed by atoms with van der Waals surface area (Å²) in [6.45, 7) is 10.2. The van der Waals surface area contributed by atoms with Gasteiger partial charge in [0.2, 0.25) is 0 Å². The Morgan fingerprint density at radius 2 is 1.32 bits per heavy atom. The highest BCUT2D eigenvalue weighted by atomic mass is 19.4. The molecule has 3 aliphatic heterocycles. The molecule has 3 unspecified atom stereocenters. The Kier molecular flexibility index (Phi) is 10.2. The van der Waals surface area contributed by atoms with Crippen molar-refractivity contribution in [1.29, 1.82) is 0 Å². The van der Waals surface area contributed by atoms with Crippen LogP contribution in [0.3, 0.4) is 0 Å². The molecule has 0 aliphatic carbocycles. The van der Waals surface area contributed by atoms with Crippen LogP contribution in [0.25, 0.3) is 0 Å². The van der Waals surface area contributed by atoms with E-state index in [9.17, 15) is 35.9 Å². The molecule has 0 radical (unpaired) electrons. The van der Waals surface area contributed by atoms with Gasteiger partial charge in [0.05, 0.1) is 11.1 Å². The van der Waals surface area contributed by atoms with Crippen LogP contribution in [0.5, 0.6) is 0 Å². The second-order valence-electron chi connectivity index (χ2n) is 13.8. The van der Waals surface area contributed by atoms with Crippen molar-refractivity contribution in [3.05, 3.63) is 70.8 Å². The number of hydrogen-bond acceptors (Lipinski definition) is 5. The Hall–Kier alpha value is -3.32. The summed E-state index contributed by atoms with van der Waals surface area (Å²) in [5.41, 5.74) is -3.25. The van der Waals surface area contributed by atoms with Gasteiger partial charge in [0.1, 0.15) is 5.60 Å². The largest absolute Gasteiger partial charge is 0.444 e. The first-order valence-electron chi connectivity index (χ1n) is 16.1. The molecule has 0 bridgehead atoms. The van der Waals surface area contributed by atoms with Gasteiger partial charge in [-0.05, 0) is 70.2 Å². The maximum atomic E-state index is 13.7. The number of piperidine rings is 1. The topological polar surface area (TPSA) is 56.3 Å². The zero-order chi connectivity index (χ0) is 34.1. The quantitative estimate of drug-likeness (QED) is 0.338. The fraction of sp³-hybridized carbons (Fsp3) is 0.588. The van der Waals surface area contributed by atoms with E-state index in [0.717, 1.165) is 38.2 Å². The summed E-state index contributed by atoms with van der Waals surface area (Å²) in [7, 11) is 0. The molecule has 7 nitrogen and oxygen atoms in total. The molecular weight excluding hydrogens is 626 g/mol. The van der Waals surface area contributed by atoms with Gasteiger partial charge in [-0.1, -0.05) is 30.3 Å². The average molecular weight is 669 g/mol. The van der Waals surface area contributed by atoms with Gasteiger partial charge in [0.25, 0.3) is 5.91 Å². The van der Waals surface area contributed by atoms with Gasteiger partial charge in [-0.15, -0.1) is 0 Å². The van der Waals surface area contributed by atoms with Gasteiger partial charge in [-0.25, -0.2) is 4.79 Å². The van der Waals surface area contributed by atoms with E-state index >= 15 is 0 Å². The Morgan fingerprint density at radius 3 is 1.87 bits per heavy atom. The van der Waals surface area contributed by atoms with Gasteiger partial charge >= 0.3 is 18.4 Å². The lowest BCUT2D eigenvalue weighted by Crippen LogP contribution is -2.58. The van der Waals surface area contributed by atoms with Gasteiger partial charge in [-0.3, -0.25) is 14.6 Å². The molecule has 13 heteroatoms. The van der Waals surface area contributed by atoms with Crippen molar-refractivity contribution in [3.8, 4) is 0 Å². The third-order valence-corrected chi connectivity index (χ3v) is 9.29. The maximum absolute atomic E-state index is 13.7. The Morgan fingerprint density at radius 1 is 0.766 bits per heavy atom. The molecule has 47 heavy (non-hydrogen) atoms. The third kappa shape index (κ3) is 8.78. The molecule has 2 amide bonds. The van der Waals surface area contributed by atoms with Crippen LogP contribution in [0.15, 0.2) is 48.5 Å². The van der Waals surface area contributed by atoms with Crippen molar-refractivity contribution in [2.75, 3.05) is 45.8 Å². The van der Waals surface area contributed by atoms with Crippen LogP contribution in [0, 0.1) is 0 Å². The molecule has 0 spiro atoms. The molecule has 2 aromatic rings. The summed E-state index contributed by atoms with van der Waals surface area (Å²) in [5, 5.41) is 0. The monoisotopic (exact) mass is 668 g/mol. The van der Waals surface area contributed by atoms with Crippen molar-refractivity contribution in [1.82, 2.24) is 19.6 Å². The summed E-state index contributed by atoms with van der Waals surface area (Å²) in [5.74, 6) is -0.832. The first-order valence-corrected chi connectivity index (χ1v) is 16.1. The summed E-state index contributed by atoms with van der Waals surface area (Å²) in [6.07, 6.45) is -7.99. The Labute approximate surface area is 271 Å². The minimum absolute atomic E-state index is 0.0464. The van der Waals surface area contributed by atoms with Crippen LogP contribution < -0.4 is 0 Å². The number of piperazine rings is 1. The smallest absolute Gasteiger partial charge is 0.416 e. The fourth-order valence-electron chi connectivity index (χ4n) is 6.95. The molecular formula is C34H42F6N4O3. The van der Waals surface area contributed by atoms with Gasteiger partial charge in [0.15, 0.2) is 0 Å². The van der Waals surface area contributed by atoms with Gasteiger partial charge in [-0.2, -0.15) is 26.3 Å². The van der Waals surface area contributed by atoms with Crippen LogP contribution in [0.1, 0.15) is 67.1 Å². The van der Waals surface area contributed by atoms with E-state index in [4.69, 9.17) is 4.74 Å². The molecule has 3 atom stereocenters. The molecule has 3 fully saturated rings. The molecule has 0 aromatic heterocycles. The highest BCUT2D eigenvalue weighted by Gasteiger charge is 2.41. The lowest BCUT2D eigenvalue weighted by Gasteiger charge is -2.47. The van der Waals surface area contributed by atoms with E-state index in [-0.39, 0.29) is 30.8 Å². The first-order chi connectivity index (χ1) is 22.0. The van der Waals surface area contributed by atoms with Crippen molar-refractivity contribution >= 4 is 12.0 Å². The van der Waals surface area contributed by atoms with Crippen molar-refractivity contribution in [2.24, 2.45) is 0 Å². The highest BCUT2D eigenvalue weighted by molar-refractivity contribution is 5.95. The number of halogens is 6. The third-order valence-electron chi connectivity index (χ3n) is 9.29. The number of benzene rings is 2. The fourth-order valence-corrected chi connectivity index (χ4v) is 6.95. The number of carbonyl (C=O) groups is 2. The molecule has 258 valence electrons. The number of nitrogens with zero attached hydrogens (tertiary/aromatic N) is 4. The van der Waals surface area contributed by atoms with E-state index in [1.165, 1.54) is 4.90 Å². The number of amides is 2. The standard InChI is InChI=1S/C34H42F6N4O3/c1-32(2,3)47-31(46)43-11-9-28(22-43)42-15-13-41(14-16-42)27-10-12-44(29(21-27)17-23-7-5-4-6-8-23)30(45)24-18-25(33(35,36)37)20-26(19-24)34(38,39)40/h4-8,18-20,27-29H,9-17,21-22H2,1-3H3. The Bertz CT molecular complexity index is 1370. The van der Waals surface area contributed by atoms with Crippen molar-refractivity contribution in [3.63, 3.8) is 0 Å². The number of ether oxygens (including phenoxy) is 1. The van der Waals surface area contributed by atoms with Crippen LogP contribution in [-0.2, 0) is 23.5 Å². The zero-order valence-electron chi connectivity index (χ0n) is 26.9. The van der Waals surface area contributed by atoms with Crippen molar-refractivity contribution < 1.29 is 40.7 Å². The number of alkyl halides is 6. The average Bonchev–Trinajstić information content (AvgIpc) is 3.50. The van der Waals surface area contributed by atoms with E-state index in [0.29, 0.717) is 44.5 Å². The second kappa shape index (κ2) is 13.7. The normalized spacial score (nSPS) is 23.6. The van der Waals surface area contributed by atoms with Gasteiger partial charge in [0, 0.05) is 69.5 Å². The molecule has 0 N–H and O–H groups in total. The number of carbonyl (C=O) groups excluding carboxylic acids is 2. The summed E-state index contributed by atoms with van der Waals surface area (Å²) < 4.78 is 87.0. The predicted molar refractivity (Wildman–Crippen MR) is 164 cm³/mol. The van der Waals surface area contributed by atoms with E-state index < -0.39 is 46.6 Å². The molecule has 5 rings (SSSR count). The summed E-state index contributed by atoms with van der Waals surface area (Å²) in [6, 6.07) is 10.4. The maximum Gasteiger partial charge on any atom is 0.416 e. The van der Waals surface area contributed by atoms with E-state index in [1.54, 1.807) is 4.90 Å².